The minimum Gasteiger partial charge on any atom is -0.338 e. The molecule has 26 heavy (non-hydrogen) atoms. The van der Waals surface area contributed by atoms with Crippen molar-refractivity contribution in [3.05, 3.63) is 48.3 Å². The van der Waals surface area contributed by atoms with E-state index >= 15 is 0 Å². The van der Waals surface area contributed by atoms with Gasteiger partial charge in [-0.1, -0.05) is 25.5 Å². The number of hydrogen-bond donors (Lipinski definition) is 2. The van der Waals surface area contributed by atoms with Crippen LogP contribution in [0.5, 0.6) is 0 Å². The molecule has 0 aliphatic heterocycles. The standard InChI is InChI=1S/C18H19F2N3O2S/c1-2-3-9-22-26(24,25)13-6-4-12(5-7-13)14-8-10-21-18-15(14)11-16(23-18)17(19)20/h4-8,10-11,17,22H,2-3,9H2,1H3,(H,21,23). The Morgan fingerprint density at radius 3 is 2.58 bits per heavy atom. The third-order valence-corrected chi connectivity index (χ3v) is 5.56. The maximum absolute atomic E-state index is 12.9. The number of benzene rings is 1. The van der Waals surface area contributed by atoms with Crippen molar-refractivity contribution in [3.8, 4) is 11.1 Å². The summed E-state index contributed by atoms with van der Waals surface area (Å²) < 4.78 is 52.9. The number of fused-ring (bicyclic) bond motifs is 1. The van der Waals surface area contributed by atoms with Crippen LogP contribution in [-0.2, 0) is 10.0 Å². The van der Waals surface area contributed by atoms with Gasteiger partial charge in [0, 0.05) is 18.1 Å². The molecule has 2 N–H and O–H groups in total. The first-order valence-electron chi connectivity index (χ1n) is 8.28. The fourth-order valence-electron chi connectivity index (χ4n) is 2.70. The number of aromatic amines is 1. The number of sulfonamides is 1. The Morgan fingerprint density at radius 1 is 1.19 bits per heavy atom. The molecule has 0 spiro atoms. The molecule has 1 aromatic carbocycles. The molecule has 0 unspecified atom stereocenters. The minimum absolute atomic E-state index is 0.171. The van der Waals surface area contributed by atoms with Crippen LogP contribution in [0.4, 0.5) is 8.78 Å². The predicted molar refractivity (Wildman–Crippen MR) is 96.6 cm³/mol. The van der Waals surface area contributed by atoms with E-state index in [1.807, 2.05) is 6.92 Å². The topological polar surface area (TPSA) is 74.8 Å². The molecular weight excluding hydrogens is 360 g/mol. The highest BCUT2D eigenvalue weighted by Gasteiger charge is 2.16. The van der Waals surface area contributed by atoms with Gasteiger partial charge in [0.05, 0.1) is 10.6 Å². The van der Waals surface area contributed by atoms with Crippen LogP contribution in [0.25, 0.3) is 22.2 Å². The van der Waals surface area contributed by atoms with Crippen molar-refractivity contribution in [1.82, 2.24) is 14.7 Å². The van der Waals surface area contributed by atoms with E-state index < -0.39 is 16.4 Å². The lowest BCUT2D eigenvalue weighted by Gasteiger charge is -2.08. The number of halogens is 2. The van der Waals surface area contributed by atoms with Crippen LogP contribution in [0.15, 0.2) is 47.5 Å². The van der Waals surface area contributed by atoms with Crippen LogP contribution in [0, 0.1) is 0 Å². The van der Waals surface area contributed by atoms with Crippen LogP contribution < -0.4 is 4.72 Å². The Bertz CT molecular complexity index is 999. The molecule has 0 amide bonds. The fourth-order valence-corrected chi connectivity index (χ4v) is 3.77. The average Bonchev–Trinajstić information content (AvgIpc) is 3.06. The number of rotatable bonds is 7. The lowest BCUT2D eigenvalue weighted by Crippen LogP contribution is -2.24. The number of unbranched alkanes of at least 4 members (excludes halogenated alkanes) is 1. The van der Waals surface area contributed by atoms with E-state index in [0.29, 0.717) is 23.1 Å². The molecule has 0 bridgehead atoms. The summed E-state index contributed by atoms with van der Waals surface area (Å²) in [5.41, 5.74) is 1.61. The number of pyridine rings is 1. The summed E-state index contributed by atoms with van der Waals surface area (Å²) in [6, 6.07) is 9.44. The Labute approximate surface area is 150 Å². The number of H-pyrrole nitrogens is 1. The Hall–Kier alpha value is -2.32. The van der Waals surface area contributed by atoms with Gasteiger partial charge in [-0.2, -0.15) is 0 Å². The van der Waals surface area contributed by atoms with Crippen molar-refractivity contribution < 1.29 is 17.2 Å². The van der Waals surface area contributed by atoms with Gasteiger partial charge in [-0.25, -0.2) is 26.9 Å². The monoisotopic (exact) mass is 379 g/mol. The first kappa shape index (κ1) is 18.5. The number of hydrogen-bond acceptors (Lipinski definition) is 3. The molecule has 3 aromatic rings. The largest absolute Gasteiger partial charge is 0.338 e. The third kappa shape index (κ3) is 3.76. The van der Waals surface area contributed by atoms with Crippen molar-refractivity contribution in [2.24, 2.45) is 0 Å². The van der Waals surface area contributed by atoms with E-state index in [-0.39, 0.29) is 10.6 Å². The van der Waals surface area contributed by atoms with Gasteiger partial charge in [0.25, 0.3) is 6.43 Å². The molecule has 0 aliphatic carbocycles. The second-order valence-electron chi connectivity index (χ2n) is 5.92. The third-order valence-electron chi connectivity index (χ3n) is 4.09. The van der Waals surface area contributed by atoms with Crippen LogP contribution in [-0.4, -0.2) is 24.9 Å². The number of nitrogens with zero attached hydrogens (tertiary/aromatic N) is 1. The lowest BCUT2D eigenvalue weighted by atomic mass is 10.0. The quantitative estimate of drug-likeness (QED) is 0.603. The molecule has 2 heterocycles. The summed E-state index contributed by atoms with van der Waals surface area (Å²) in [6.07, 6.45) is 0.586. The highest BCUT2D eigenvalue weighted by molar-refractivity contribution is 7.89. The smallest absolute Gasteiger partial charge is 0.278 e. The summed E-state index contributed by atoms with van der Waals surface area (Å²) in [7, 11) is -3.55. The zero-order chi connectivity index (χ0) is 18.7. The van der Waals surface area contributed by atoms with E-state index in [2.05, 4.69) is 14.7 Å². The van der Waals surface area contributed by atoms with Gasteiger partial charge in [0.1, 0.15) is 5.65 Å². The van der Waals surface area contributed by atoms with Crippen molar-refractivity contribution in [2.75, 3.05) is 6.54 Å². The van der Waals surface area contributed by atoms with Crippen LogP contribution in [0.2, 0.25) is 0 Å². The summed E-state index contributed by atoms with van der Waals surface area (Å²) >= 11 is 0. The molecule has 5 nitrogen and oxygen atoms in total. The summed E-state index contributed by atoms with van der Waals surface area (Å²) in [5, 5.41) is 0.569. The van der Waals surface area contributed by atoms with E-state index in [9.17, 15) is 17.2 Å². The number of nitrogens with one attached hydrogen (secondary N) is 2. The van der Waals surface area contributed by atoms with Crippen molar-refractivity contribution in [3.63, 3.8) is 0 Å². The Balaban J connectivity index is 1.93. The predicted octanol–water partition coefficient (Wildman–Crippen LogP) is 4.25. The van der Waals surface area contributed by atoms with Gasteiger partial charge in [-0.3, -0.25) is 0 Å². The molecule has 2 aromatic heterocycles. The Kier molecular flexibility index (Phi) is 5.33. The molecule has 0 radical (unpaired) electrons. The van der Waals surface area contributed by atoms with E-state index in [4.69, 9.17) is 0 Å². The first-order valence-corrected chi connectivity index (χ1v) is 9.76. The van der Waals surface area contributed by atoms with Gasteiger partial charge in [0.2, 0.25) is 10.0 Å². The van der Waals surface area contributed by atoms with E-state index in [1.165, 1.54) is 24.4 Å². The number of aromatic nitrogens is 2. The molecule has 0 aliphatic rings. The average molecular weight is 379 g/mol. The Morgan fingerprint density at radius 2 is 1.92 bits per heavy atom. The number of alkyl halides is 2. The maximum atomic E-state index is 12.9. The normalized spacial score (nSPS) is 12.2. The molecule has 138 valence electrons. The molecule has 8 heteroatoms. The first-order chi connectivity index (χ1) is 12.4. The van der Waals surface area contributed by atoms with Gasteiger partial charge < -0.3 is 4.98 Å². The van der Waals surface area contributed by atoms with Crippen LogP contribution in [0.3, 0.4) is 0 Å². The summed E-state index contributed by atoms with van der Waals surface area (Å²) in [6.45, 7) is 2.38. The highest BCUT2D eigenvalue weighted by Crippen LogP contribution is 2.31. The zero-order valence-electron chi connectivity index (χ0n) is 14.2. The van der Waals surface area contributed by atoms with E-state index in [0.717, 1.165) is 18.4 Å². The van der Waals surface area contributed by atoms with Crippen LogP contribution >= 0.6 is 0 Å². The van der Waals surface area contributed by atoms with Gasteiger partial charge in [-0.15, -0.1) is 0 Å². The van der Waals surface area contributed by atoms with Crippen molar-refractivity contribution in [2.45, 2.75) is 31.1 Å². The van der Waals surface area contributed by atoms with Crippen molar-refractivity contribution in [1.29, 1.82) is 0 Å². The highest BCUT2D eigenvalue weighted by atomic mass is 32.2. The van der Waals surface area contributed by atoms with Gasteiger partial charge >= 0.3 is 0 Å². The molecule has 0 saturated carbocycles. The van der Waals surface area contributed by atoms with Crippen LogP contribution in [0.1, 0.15) is 31.9 Å². The SMILES string of the molecule is CCCCNS(=O)(=O)c1ccc(-c2ccnc3[nH]c(C(F)F)cc23)cc1. The maximum Gasteiger partial charge on any atom is 0.278 e. The fraction of sp³-hybridized carbons (Fsp3) is 0.278. The lowest BCUT2D eigenvalue weighted by molar-refractivity contribution is 0.147. The second kappa shape index (κ2) is 7.51. The summed E-state index contributed by atoms with van der Waals surface area (Å²) in [5.74, 6) is 0. The van der Waals surface area contributed by atoms with Crippen molar-refractivity contribution >= 4 is 21.1 Å². The second-order valence-corrected chi connectivity index (χ2v) is 7.69. The molecular formula is C18H19F2N3O2S. The minimum atomic E-state index is -3.55. The molecule has 0 atom stereocenters. The summed E-state index contributed by atoms with van der Waals surface area (Å²) in [4.78, 5) is 6.85. The van der Waals surface area contributed by atoms with Gasteiger partial charge in [-0.05, 0) is 41.8 Å². The van der Waals surface area contributed by atoms with Gasteiger partial charge in [0.15, 0.2) is 0 Å². The van der Waals surface area contributed by atoms with E-state index in [1.54, 1.807) is 18.2 Å². The molecule has 0 saturated heterocycles. The molecule has 3 rings (SSSR count). The molecule has 0 fully saturated rings. The zero-order valence-corrected chi connectivity index (χ0v) is 15.0.